The summed E-state index contributed by atoms with van der Waals surface area (Å²) < 4.78 is 0. The standard InChI is InChI=1S/C6H9N2/c1-6-7-4-3-5-8(6)2/h3-4,6H,1-2H3. The van der Waals surface area contributed by atoms with E-state index in [1.54, 1.807) is 12.3 Å². The largest absolute Gasteiger partial charge is 0.351 e. The number of aliphatic imine (C=N–C) groups is 1. The molecule has 0 N–H and O–H groups in total. The van der Waals surface area contributed by atoms with E-state index in [9.17, 15) is 0 Å². The van der Waals surface area contributed by atoms with Crippen LogP contribution in [-0.4, -0.2) is 24.3 Å². The number of nitrogens with zero attached hydrogens (tertiary/aromatic N) is 2. The van der Waals surface area contributed by atoms with Gasteiger partial charge in [0.2, 0.25) is 0 Å². The van der Waals surface area contributed by atoms with Gasteiger partial charge in [-0.1, -0.05) is 0 Å². The van der Waals surface area contributed by atoms with E-state index >= 15 is 0 Å². The second-order valence-electron chi connectivity index (χ2n) is 1.84. The minimum Gasteiger partial charge on any atom is -0.351 e. The smallest absolute Gasteiger partial charge is 0.118 e. The summed E-state index contributed by atoms with van der Waals surface area (Å²) in [5.74, 6) is 0. The normalized spacial score (nSPS) is 26.8. The molecule has 0 saturated carbocycles. The Labute approximate surface area is 49.5 Å². The molecule has 1 unspecified atom stereocenters. The van der Waals surface area contributed by atoms with Crippen LogP contribution in [0, 0.1) is 6.20 Å². The molecule has 0 fully saturated rings. The molecule has 43 valence electrons. The third-order valence-corrected chi connectivity index (χ3v) is 1.22. The van der Waals surface area contributed by atoms with Crippen molar-refractivity contribution in [3.05, 3.63) is 12.3 Å². The predicted octanol–water partition coefficient (Wildman–Crippen LogP) is 0.665. The van der Waals surface area contributed by atoms with Gasteiger partial charge in [0, 0.05) is 13.3 Å². The van der Waals surface area contributed by atoms with Crippen molar-refractivity contribution < 1.29 is 0 Å². The third kappa shape index (κ3) is 0.886. The van der Waals surface area contributed by atoms with Crippen LogP contribution < -0.4 is 0 Å². The molecule has 1 rings (SSSR count). The lowest BCUT2D eigenvalue weighted by atomic mass is 10.4. The van der Waals surface area contributed by atoms with Crippen LogP contribution in [0.4, 0.5) is 0 Å². The molecule has 1 aliphatic rings. The van der Waals surface area contributed by atoms with Crippen molar-refractivity contribution in [3.63, 3.8) is 0 Å². The van der Waals surface area contributed by atoms with E-state index in [-0.39, 0.29) is 6.17 Å². The fraction of sp³-hybridized carbons (Fsp3) is 0.500. The number of hydrogen-bond donors (Lipinski definition) is 0. The van der Waals surface area contributed by atoms with E-state index in [1.807, 2.05) is 18.9 Å². The fourth-order valence-electron chi connectivity index (χ4n) is 0.526. The zero-order chi connectivity index (χ0) is 5.98. The Morgan fingerprint density at radius 2 is 2.50 bits per heavy atom. The first-order valence-electron chi connectivity index (χ1n) is 2.64. The zero-order valence-electron chi connectivity index (χ0n) is 5.13. The Morgan fingerprint density at radius 1 is 1.75 bits per heavy atom. The summed E-state index contributed by atoms with van der Waals surface area (Å²) in [7, 11) is 1.96. The van der Waals surface area contributed by atoms with Crippen LogP contribution in [0.15, 0.2) is 11.1 Å². The maximum atomic E-state index is 4.09. The van der Waals surface area contributed by atoms with Gasteiger partial charge >= 0.3 is 0 Å². The van der Waals surface area contributed by atoms with Crippen LogP contribution in [0.5, 0.6) is 0 Å². The molecule has 2 nitrogen and oxygen atoms in total. The summed E-state index contributed by atoms with van der Waals surface area (Å²) in [6.07, 6.45) is 6.83. The Morgan fingerprint density at radius 3 is 2.88 bits per heavy atom. The highest BCUT2D eigenvalue weighted by Gasteiger charge is 2.02. The highest BCUT2D eigenvalue weighted by Crippen LogP contribution is 1.98. The van der Waals surface area contributed by atoms with Gasteiger partial charge in [0.15, 0.2) is 0 Å². The van der Waals surface area contributed by atoms with Crippen molar-refractivity contribution in [2.24, 2.45) is 4.99 Å². The van der Waals surface area contributed by atoms with E-state index in [0.29, 0.717) is 0 Å². The van der Waals surface area contributed by atoms with Gasteiger partial charge in [0.1, 0.15) is 6.17 Å². The summed E-state index contributed by atoms with van der Waals surface area (Å²) >= 11 is 0. The van der Waals surface area contributed by atoms with E-state index in [2.05, 4.69) is 11.2 Å². The highest BCUT2D eigenvalue weighted by molar-refractivity contribution is 5.70. The van der Waals surface area contributed by atoms with E-state index in [4.69, 9.17) is 0 Å². The lowest BCUT2D eigenvalue weighted by molar-refractivity contribution is 0.344. The first-order chi connectivity index (χ1) is 3.80. The van der Waals surface area contributed by atoms with Crippen LogP contribution in [0.2, 0.25) is 0 Å². The second-order valence-corrected chi connectivity index (χ2v) is 1.84. The van der Waals surface area contributed by atoms with Gasteiger partial charge in [-0.05, 0) is 13.0 Å². The summed E-state index contributed by atoms with van der Waals surface area (Å²) in [5, 5.41) is 0. The SMILES string of the molecule is CC1N=CC=[C]N1C. The molecule has 0 aromatic heterocycles. The molecule has 0 aromatic carbocycles. The van der Waals surface area contributed by atoms with Crippen LogP contribution in [0.25, 0.3) is 0 Å². The highest BCUT2D eigenvalue weighted by atomic mass is 15.2. The average Bonchev–Trinajstić information content (AvgIpc) is 1.77. The second kappa shape index (κ2) is 1.99. The molecule has 1 radical (unpaired) electrons. The molecule has 0 saturated heterocycles. The lowest BCUT2D eigenvalue weighted by Gasteiger charge is -2.19. The minimum absolute atomic E-state index is 0.264. The number of hydrogen-bond acceptors (Lipinski definition) is 2. The molecule has 1 atom stereocenters. The molecule has 8 heavy (non-hydrogen) atoms. The van der Waals surface area contributed by atoms with Crippen molar-refractivity contribution in [2.75, 3.05) is 7.05 Å². The molecule has 0 amide bonds. The third-order valence-electron chi connectivity index (χ3n) is 1.22. The molecule has 0 aromatic rings. The van der Waals surface area contributed by atoms with E-state index < -0.39 is 0 Å². The van der Waals surface area contributed by atoms with E-state index in [1.165, 1.54) is 0 Å². The molecule has 0 bridgehead atoms. The first kappa shape index (κ1) is 5.35. The van der Waals surface area contributed by atoms with Crippen LogP contribution in [0.3, 0.4) is 0 Å². The molecular weight excluding hydrogens is 100 g/mol. The van der Waals surface area contributed by atoms with Crippen molar-refractivity contribution in [2.45, 2.75) is 13.1 Å². The van der Waals surface area contributed by atoms with Gasteiger partial charge in [-0.25, -0.2) is 0 Å². The Bertz CT molecular complexity index is 110. The Hall–Kier alpha value is -0.790. The first-order valence-corrected chi connectivity index (χ1v) is 2.64. The topological polar surface area (TPSA) is 15.6 Å². The van der Waals surface area contributed by atoms with Crippen LogP contribution in [0.1, 0.15) is 6.92 Å². The van der Waals surface area contributed by atoms with Gasteiger partial charge in [-0.15, -0.1) is 0 Å². The lowest BCUT2D eigenvalue weighted by Crippen LogP contribution is -2.24. The summed E-state index contributed by atoms with van der Waals surface area (Å²) in [6, 6.07) is 0. The molecule has 0 spiro atoms. The Kier molecular flexibility index (Phi) is 1.33. The van der Waals surface area contributed by atoms with Crippen molar-refractivity contribution >= 4 is 6.21 Å². The minimum atomic E-state index is 0.264. The van der Waals surface area contributed by atoms with Gasteiger partial charge < -0.3 is 4.90 Å². The maximum Gasteiger partial charge on any atom is 0.118 e. The van der Waals surface area contributed by atoms with Gasteiger partial charge in [0.25, 0.3) is 0 Å². The van der Waals surface area contributed by atoms with Crippen LogP contribution >= 0.6 is 0 Å². The molecular formula is C6H9N2. The molecule has 1 aliphatic heterocycles. The predicted molar refractivity (Wildman–Crippen MR) is 33.5 cm³/mol. The summed E-state index contributed by atoms with van der Waals surface area (Å²) in [5.41, 5.74) is 0. The van der Waals surface area contributed by atoms with Gasteiger partial charge in [-0.2, -0.15) is 0 Å². The number of rotatable bonds is 0. The van der Waals surface area contributed by atoms with Gasteiger partial charge in [-0.3, -0.25) is 4.99 Å². The molecule has 2 heteroatoms. The molecule has 1 heterocycles. The fourth-order valence-corrected chi connectivity index (χ4v) is 0.526. The zero-order valence-corrected chi connectivity index (χ0v) is 5.13. The Balaban J connectivity index is 2.59. The quantitative estimate of drug-likeness (QED) is 0.446. The summed E-state index contributed by atoms with van der Waals surface area (Å²) in [4.78, 5) is 6.02. The molecule has 0 aliphatic carbocycles. The average molecular weight is 109 g/mol. The monoisotopic (exact) mass is 109 g/mol. The van der Waals surface area contributed by atoms with Crippen LogP contribution in [-0.2, 0) is 0 Å². The summed E-state index contributed by atoms with van der Waals surface area (Å²) in [6.45, 7) is 2.02. The van der Waals surface area contributed by atoms with E-state index in [0.717, 1.165) is 0 Å². The van der Waals surface area contributed by atoms with Crippen molar-refractivity contribution in [1.82, 2.24) is 4.90 Å². The van der Waals surface area contributed by atoms with Crippen molar-refractivity contribution in [3.8, 4) is 0 Å². The van der Waals surface area contributed by atoms with Gasteiger partial charge in [0.05, 0.1) is 6.20 Å². The number of allylic oxidation sites excluding steroid dienone is 1. The van der Waals surface area contributed by atoms with Crippen molar-refractivity contribution in [1.29, 1.82) is 0 Å². The maximum absolute atomic E-state index is 4.09.